The van der Waals surface area contributed by atoms with Crippen molar-refractivity contribution in [1.29, 1.82) is 0 Å². The zero-order valence-corrected chi connectivity index (χ0v) is 20.7. The van der Waals surface area contributed by atoms with Gasteiger partial charge in [0.15, 0.2) is 0 Å². The number of hydrogen-bond donors (Lipinski definition) is 0. The number of anilines is 2. The lowest BCUT2D eigenvalue weighted by atomic mass is 10.0. The molecule has 0 aromatic heterocycles. The van der Waals surface area contributed by atoms with Crippen LogP contribution in [0.3, 0.4) is 0 Å². The van der Waals surface area contributed by atoms with Crippen LogP contribution < -0.4 is 4.90 Å². The highest BCUT2D eigenvalue weighted by atomic mass is 15.2. The van der Waals surface area contributed by atoms with Crippen LogP contribution in [-0.2, 0) is 0 Å². The quantitative estimate of drug-likeness (QED) is 0.302. The van der Waals surface area contributed by atoms with E-state index in [0.29, 0.717) is 5.92 Å². The summed E-state index contributed by atoms with van der Waals surface area (Å²) in [4.78, 5) is 2.48. The van der Waals surface area contributed by atoms with Gasteiger partial charge >= 0.3 is 0 Å². The van der Waals surface area contributed by atoms with Crippen molar-refractivity contribution in [2.45, 2.75) is 47.1 Å². The Bertz CT molecular complexity index is 1140. The van der Waals surface area contributed by atoms with Crippen LogP contribution in [0.15, 0.2) is 109 Å². The number of allylic oxidation sites excluding steroid dienone is 7. The molecular weight excluding hydrogens is 398 g/mol. The second kappa shape index (κ2) is 12.1. The van der Waals surface area contributed by atoms with Crippen molar-refractivity contribution >= 4 is 27.7 Å². The molecule has 0 heterocycles. The molecule has 0 spiro atoms. The lowest BCUT2D eigenvalue weighted by molar-refractivity contribution is 0.751. The van der Waals surface area contributed by atoms with Gasteiger partial charge in [0.25, 0.3) is 0 Å². The smallest absolute Gasteiger partial charge is 0.0522 e. The summed E-state index contributed by atoms with van der Waals surface area (Å²) in [5.74, 6) is 0.537. The first-order valence-corrected chi connectivity index (χ1v) is 12.1. The molecule has 0 amide bonds. The molecular formula is C32H37N. The predicted octanol–water partition coefficient (Wildman–Crippen LogP) is 9.50. The Morgan fingerprint density at radius 3 is 2.24 bits per heavy atom. The number of nitrogens with zero attached hydrogens (tertiary/aromatic N) is 1. The Hall–Kier alpha value is -3.32. The van der Waals surface area contributed by atoms with Crippen LogP contribution in [0.5, 0.6) is 0 Å². The van der Waals surface area contributed by atoms with Crippen molar-refractivity contribution in [1.82, 2.24) is 0 Å². The van der Waals surface area contributed by atoms with Gasteiger partial charge in [0.1, 0.15) is 0 Å². The predicted molar refractivity (Wildman–Crippen MR) is 148 cm³/mol. The van der Waals surface area contributed by atoms with Gasteiger partial charge in [0, 0.05) is 16.8 Å². The van der Waals surface area contributed by atoms with E-state index in [9.17, 15) is 0 Å². The van der Waals surface area contributed by atoms with Crippen molar-refractivity contribution < 1.29 is 0 Å². The molecule has 1 nitrogen and oxygen atoms in total. The van der Waals surface area contributed by atoms with Gasteiger partial charge in [-0.15, -0.1) is 0 Å². The van der Waals surface area contributed by atoms with Crippen LogP contribution in [-0.4, -0.2) is 6.04 Å². The van der Waals surface area contributed by atoms with Crippen LogP contribution in [0.2, 0.25) is 0 Å². The van der Waals surface area contributed by atoms with Crippen molar-refractivity contribution in [2.24, 2.45) is 5.92 Å². The van der Waals surface area contributed by atoms with Crippen LogP contribution in [0, 0.1) is 5.92 Å². The molecule has 0 fully saturated rings. The molecule has 33 heavy (non-hydrogen) atoms. The zero-order valence-electron chi connectivity index (χ0n) is 20.7. The highest BCUT2D eigenvalue weighted by Gasteiger charge is 2.19. The average Bonchev–Trinajstić information content (AvgIpc) is 2.84. The second-order valence-electron chi connectivity index (χ2n) is 8.65. The zero-order chi connectivity index (χ0) is 23.6. The third-order valence-electron chi connectivity index (χ3n) is 5.86. The summed E-state index contributed by atoms with van der Waals surface area (Å²) in [6.07, 6.45) is 16.3. The minimum atomic E-state index is 0.250. The Morgan fingerprint density at radius 2 is 1.58 bits per heavy atom. The van der Waals surface area contributed by atoms with Crippen molar-refractivity contribution in [3.63, 3.8) is 0 Å². The SMILES string of the molecule is C/C=C\C=CC(CC)N(c1ccc(C(/C=C\C(C)C)=C/C)cc1)c1cccc2ccccc12. The maximum atomic E-state index is 2.48. The molecule has 3 aromatic carbocycles. The topological polar surface area (TPSA) is 3.24 Å². The monoisotopic (exact) mass is 435 g/mol. The summed E-state index contributed by atoms with van der Waals surface area (Å²) in [7, 11) is 0. The minimum absolute atomic E-state index is 0.250. The molecule has 0 saturated heterocycles. The van der Waals surface area contributed by atoms with Gasteiger partial charge in [0.2, 0.25) is 0 Å². The highest BCUT2D eigenvalue weighted by Crippen LogP contribution is 2.36. The lowest BCUT2D eigenvalue weighted by Crippen LogP contribution is -2.29. The highest BCUT2D eigenvalue weighted by molar-refractivity contribution is 5.96. The fraction of sp³-hybridized carbons (Fsp3) is 0.250. The Labute approximate surface area is 200 Å². The first-order chi connectivity index (χ1) is 16.1. The fourth-order valence-electron chi connectivity index (χ4n) is 4.11. The molecule has 1 unspecified atom stereocenters. The molecule has 1 heteroatoms. The van der Waals surface area contributed by atoms with Crippen LogP contribution in [0.1, 0.15) is 46.6 Å². The largest absolute Gasteiger partial charge is 0.334 e. The van der Waals surface area contributed by atoms with E-state index in [2.05, 4.69) is 149 Å². The summed E-state index contributed by atoms with van der Waals surface area (Å²) in [6, 6.07) is 24.5. The van der Waals surface area contributed by atoms with Gasteiger partial charge in [-0.1, -0.05) is 112 Å². The van der Waals surface area contributed by atoms with Crippen molar-refractivity contribution in [3.05, 3.63) is 115 Å². The van der Waals surface area contributed by atoms with E-state index in [4.69, 9.17) is 0 Å². The molecule has 1 atom stereocenters. The lowest BCUT2D eigenvalue weighted by Gasteiger charge is -2.33. The first kappa shape index (κ1) is 24.3. The van der Waals surface area contributed by atoms with E-state index in [0.717, 1.165) is 6.42 Å². The van der Waals surface area contributed by atoms with Gasteiger partial charge in [-0.05, 0) is 60.9 Å². The second-order valence-corrected chi connectivity index (χ2v) is 8.65. The van der Waals surface area contributed by atoms with Gasteiger partial charge < -0.3 is 4.90 Å². The Kier molecular flexibility index (Phi) is 8.89. The number of fused-ring (bicyclic) bond motifs is 1. The summed E-state index contributed by atoms with van der Waals surface area (Å²) in [5, 5.41) is 2.54. The third-order valence-corrected chi connectivity index (χ3v) is 5.86. The average molecular weight is 436 g/mol. The molecule has 3 rings (SSSR count). The molecule has 0 radical (unpaired) electrons. The summed E-state index contributed by atoms with van der Waals surface area (Å²) in [6.45, 7) is 10.8. The van der Waals surface area contributed by atoms with Crippen molar-refractivity contribution in [2.75, 3.05) is 4.90 Å². The minimum Gasteiger partial charge on any atom is -0.334 e. The number of rotatable bonds is 9. The molecule has 0 aliphatic rings. The van der Waals surface area contributed by atoms with E-state index >= 15 is 0 Å². The standard InChI is InChI=1S/C32H37N/c1-6-9-10-16-29(8-3)33(32-18-13-15-28-14-11-12-17-31(28)32)30-23-21-27(22-24-30)26(7-2)20-19-25(4)5/h6-7,9-25,29H,8H2,1-5H3/b9-6-,16-10?,20-19-,26-7+. The van der Waals surface area contributed by atoms with Crippen LogP contribution in [0.4, 0.5) is 11.4 Å². The fourth-order valence-corrected chi connectivity index (χ4v) is 4.11. The molecule has 170 valence electrons. The maximum Gasteiger partial charge on any atom is 0.0522 e. The number of benzene rings is 3. The molecule has 0 saturated carbocycles. The van der Waals surface area contributed by atoms with Crippen molar-refractivity contribution in [3.8, 4) is 0 Å². The first-order valence-electron chi connectivity index (χ1n) is 12.1. The molecule has 0 N–H and O–H groups in total. The van der Waals surface area contributed by atoms with Gasteiger partial charge in [-0.2, -0.15) is 0 Å². The summed E-state index contributed by atoms with van der Waals surface area (Å²) >= 11 is 0. The van der Waals surface area contributed by atoms with Crippen LogP contribution in [0.25, 0.3) is 16.3 Å². The van der Waals surface area contributed by atoms with E-state index < -0.39 is 0 Å². The Morgan fingerprint density at radius 1 is 0.848 bits per heavy atom. The molecule has 0 aliphatic carbocycles. The van der Waals surface area contributed by atoms with Crippen LogP contribution >= 0.6 is 0 Å². The third kappa shape index (κ3) is 6.14. The molecule has 0 aliphatic heterocycles. The van der Waals surface area contributed by atoms with E-state index in [1.165, 1.54) is 33.3 Å². The summed E-state index contributed by atoms with van der Waals surface area (Å²) < 4.78 is 0. The van der Waals surface area contributed by atoms with E-state index in [-0.39, 0.29) is 6.04 Å². The molecule has 3 aromatic rings. The Balaban J connectivity index is 2.10. The number of hydrogen-bond acceptors (Lipinski definition) is 1. The summed E-state index contributed by atoms with van der Waals surface area (Å²) in [5.41, 5.74) is 4.94. The van der Waals surface area contributed by atoms with Gasteiger partial charge in [-0.3, -0.25) is 0 Å². The molecule has 0 bridgehead atoms. The van der Waals surface area contributed by atoms with Gasteiger partial charge in [0.05, 0.1) is 6.04 Å². The maximum absolute atomic E-state index is 2.48. The van der Waals surface area contributed by atoms with Gasteiger partial charge in [-0.25, -0.2) is 0 Å². The normalized spacial score (nSPS) is 13.7. The van der Waals surface area contributed by atoms with E-state index in [1.807, 2.05) is 0 Å². The van der Waals surface area contributed by atoms with E-state index in [1.54, 1.807) is 0 Å².